The van der Waals surface area contributed by atoms with Gasteiger partial charge in [-0.2, -0.15) is 0 Å². The minimum atomic E-state index is -0.796. The molecule has 0 saturated carbocycles. The fraction of sp³-hybridized carbons (Fsp3) is 0.467. The molecule has 0 heterocycles. The van der Waals surface area contributed by atoms with Crippen LogP contribution >= 0.6 is 12.2 Å². The highest BCUT2D eigenvalue weighted by Gasteiger charge is 2.27. The van der Waals surface area contributed by atoms with Crippen molar-refractivity contribution >= 4 is 34.8 Å². The van der Waals surface area contributed by atoms with Crippen LogP contribution < -0.4 is 27.0 Å². The van der Waals surface area contributed by atoms with Crippen LogP contribution in [0.1, 0.15) is 86.0 Å². The van der Waals surface area contributed by atoms with Crippen LogP contribution in [0.4, 0.5) is 0 Å². The number of hydrogen-bond donors (Lipinski definition) is 8. The molecule has 1 aliphatic rings. The monoisotopic (exact) mass is 565 g/mol. The topological polar surface area (TPSA) is 159 Å². The first kappa shape index (κ1) is 31.3. The summed E-state index contributed by atoms with van der Waals surface area (Å²) in [5.41, 5.74) is 8.99. The van der Waals surface area contributed by atoms with Gasteiger partial charge < -0.3 is 21.5 Å². The summed E-state index contributed by atoms with van der Waals surface area (Å²) in [7, 11) is 0. The van der Waals surface area contributed by atoms with Crippen molar-refractivity contribution in [1.29, 1.82) is 10.8 Å². The van der Waals surface area contributed by atoms with Gasteiger partial charge in [0.15, 0.2) is 17.7 Å². The summed E-state index contributed by atoms with van der Waals surface area (Å²) in [6.07, 6.45) is 2.75. The van der Waals surface area contributed by atoms with E-state index in [2.05, 4.69) is 21.3 Å². The van der Waals surface area contributed by atoms with Crippen LogP contribution in [0.3, 0.4) is 0 Å². The van der Waals surface area contributed by atoms with Gasteiger partial charge in [-0.1, -0.05) is 48.6 Å². The molecule has 9 nitrogen and oxygen atoms in total. The quantitative estimate of drug-likeness (QED) is 0.0547. The molecular formula is C30H43N7O2S. The maximum Gasteiger partial charge on any atom is 0.195 e. The Morgan fingerprint density at radius 1 is 0.925 bits per heavy atom. The number of fused-ring (bicyclic) bond motifs is 2. The number of nitrogens with one attached hydrogen (secondary N) is 6. The number of rotatable bonds is 12. The molecular weight excluding hydrogens is 522 g/mol. The summed E-state index contributed by atoms with van der Waals surface area (Å²) in [5, 5.41) is 38.6. The van der Waals surface area contributed by atoms with Crippen LogP contribution in [0.2, 0.25) is 0 Å². The molecule has 10 heteroatoms. The van der Waals surface area contributed by atoms with Gasteiger partial charge in [0.05, 0.1) is 4.86 Å². The van der Waals surface area contributed by atoms with Crippen LogP contribution in [0.5, 0.6) is 0 Å². The molecule has 0 spiro atoms. The second kappa shape index (κ2) is 13.5. The Kier molecular flexibility index (Phi) is 10.5. The second-order valence-corrected chi connectivity index (χ2v) is 12.2. The van der Waals surface area contributed by atoms with E-state index in [9.17, 15) is 9.90 Å². The average molecular weight is 566 g/mol. The predicted molar refractivity (Wildman–Crippen MR) is 165 cm³/mol. The number of aliphatic hydroxyl groups is 1. The molecule has 2 aromatic rings. The smallest absolute Gasteiger partial charge is 0.195 e. The van der Waals surface area contributed by atoms with Crippen molar-refractivity contribution in [3.8, 4) is 0 Å². The summed E-state index contributed by atoms with van der Waals surface area (Å²) in [5.74, 6) is 0.0943. The van der Waals surface area contributed by atoms with E-state index in [4.69, 9.17) is 28.8 Å². The van der Waals surface area contributed by atoms with E-state index < -0.39 is 6.23 Å². The summed E-state index contributed by atoms with van der Waals surface area (Å²) in [4.78, 5) is 13.8. The second-order valence-electron chi connectivity index (χ2n) is 11.8. The predicted octanol–water partition coefficient (Wildman–Crippen LogP) is 3.16. The maximum atomic E-state index is 13.1. The molecule has 1 atom stereocenters. The minimum Gasteiger partial charge on any atom is -0.378 e. The van der Waals surface area contributed by atoms with E-state index in [0.29, 0.717) is 35.5 Å². The number of ketones is 1. The Bertz CT molecular complexity index is 1250. The van der Waals surface area contributed by atoms with Crippen LogP contribution in [-0.4, -0.2) is 58.1 Å². The number of hydrogen-bond acceptors (Lipinski definition) is 7. The van der Waals surface area contributed by atoms with E-state index in [1.807, 2.05) is 64.1 Å². The van der Waals surface area contributed by atoms with Gasteiger partial charge in [-0.15, -0.1) is 0 Å². The SMILES string of the molecule is CC(C)(N)CCCNC(=N)NC(=N)NCCCC(C)(C)NC(O)Cc1ccc2c(c1)C(=O)c1ccccc1C2=S. The lowest BCUT2D eigenvalue weighted by Gasteiger charge is -2.30. The molecule has 0 aromatic heterocycles. The molecule has 2 aromatic carbocycles. The largest absolute Gasteiger partial charge is 0.378 e. The lowest BCUT2D eigenvalue weighted by Crippen LogP contribution is -2.48. The molecule has 0 saturated heterocycles. The number of benzene rings is 2. The van der Waals surface area contributed by atoms with E-state index in [1.54, 1.807) is 6.07 Å². The Morgan fingerprint density at radius 3 is 2.12 bits per heavy atom. The van der Waals surface area contributed by atoms with Gasteiger partial charge in [0.1, 0.15) is 6.23 Å². The van der Waals surface area contributed by atoms with E-state index in [0.717, 1.165) is 42.4 Å². The molecule has 0 radical (unpaired) electrons. The average Bonchev–Trinajstić information content (AvgIpc) is 2.87. The van der Waals surface area contributed by atoms with Crippen LogP contribution in [0.15, 0.2) is 42.5 Å². The number of carbonyl (C=O) groups excluding carboxylic acids is 1. The van der Waals surface area contributed by atoms with Gasteiger partial charge in [0.25, 0.3) is 0 Å². The van der Waals surface area contributed by atoms with Gasteiger partial charge in [-0.25, -0.2) is 0 Å². The number of thiocarbonyl (C=S) groups is 1. The molecule has 0 bridgehead atoms. The molecule has 216 valence electrons. The third-order valence-corrected chi connectivity index (χ3v) is 7.25. The van der Waals surface area contributed by atoms with Gasteiger partial charge in [0, 0.05) is 52.8 Å². The molecule has 3 rings (SSSR count). The Labute approximate surface area is 242 Å². The summed E-state index contributed by atoms with van der Waals surface area (Å²) in [6, 6.07) is 13.0. The lowest BCUT2D eigenvalue weighted by molar-refractivity contribution is 0.0971. The van der Waals surface area contributed by atoms with Gasteiger partial charge in [0.2, 0.25) is 0 Å². The summed E-state index contributed by atoms with van der Waals surface area (Å²) < 4.78 is 0. The zero-order valence-corrected chi connectivity index (χ0v) is 24.7. The Hall–Kier alpha value is -3.18. The van der Waals surface area contributed by atoms with Gasteiger partial charge >= 0.3 is 0 Å². The number of aliphatic hydroxyl groups excluding tert-OH is 1. The zero-order valence-electron chi connectivity index (χ0n) is 23.9. The van der Waals surface area contributed by atoms with Crippen molar-refractivity contribution in [2.24, 2.45) is 5.73 Å². The minimum absolute atomic E-state index is 0.0436. The van der Waals surface area contributed by atoms with Crippen LogP contribution in [0.25, 0.3) is 0 Å². The fourth-order valence-electron chi connectivity index (χ4n) is 4.79. The summed E-state index contributed by atoms with van der Waals surface area (Å²) in [6.45, 7) is 9.16. The lowest BCUT2D eigenvalue weighted by atomic mass is 9.84. The first-order valence-corrected chi connectivity index (χ1v) is 14.1. The summed E-state index contributed by atoms with van der Waals surface area (Å²) >= 11 is 5.64. The molecule has 1 aliphatic carbocycles. The molecule has 0 amide bonds. The molecule has 0 fully saturated rings. The standard InChI is InChI=1S/C30H43N7O2S/c1-29(2,33)13-7-15-34-27(31)36-28(32)35-16-8-14-30(3,4)37-24(38)18-19-11-12-22-23(17-19)25(39)20-9-5-6-10-21(20)26(22)40/h5-6,9-12,17,24,37-38H,7-8,13-16,18,33H2,1-4H3,(H5,31,32,34,35,36). The zero-order chi connectivity index (χ0) is 29.5. The van der Waals surface area contributed by atoms with Crippen molar-refractivity contribution in [2.45, 2.75) is 77.1 Å². The third kappa shape index (κ3) is 9.19. The van der Waals surface area contributed by atoms with Crippen molar-refractivity contribution < 1.29 is 9.90 Å². The van der Waals surface area contributed by atoms with Crippen LogP contribution in [0, 0.1) is 10.8 Å². The first-order chi connectivity index (χ1) is 18.8. The highest BCUT2D eigenvalue weighted by atomic mass is 32.1. The number of nitrogens with two attached hydrogens (primary N) is 1. The normalized spacial score (nSPS) is 13.8. The highest BCUT2D eigenvalue weighted by molar-refractivity contribution is 7.81. The Morgan fingerprint density at radius 2 is 1.50 bits per heavy atom. The van der Waals surface area contributed by atoms with E-state index in [-0.39, 0.29) is 28.8 Å². The van der Waals surface area contributed by atoms with Crippen molar-refractivity contribution in [3.63, 3.8) is 0 Å². The van der Waals surface area contributed by atoms with Crippen molar-refractivity contribution in [2.75, 3.05) is 13.1 Å². The van der Waals surface area contributed by atoms with E-state index >= 15 is 0 Å². The third-order valence-electron chi connectivity index (χ3n) is 6.81. The van der Waals surface area contributed by atoms with Gasteiger partial charge in [-0.3, -0.25) is 26.2 Å². The van der Waals surface area contributed by atoms with Crippen molar-refractivity contribution in [1.82, 2.24) is 21.3 Å². The maximum absolute atomic E-state index is 13.1. The number of guanidine groups is 2. The van der Waals surface area contributed by atoms with Crippen LogP contribution in [-0.2, 0) is 6.42 Å². The Balaban J connectivity index is 1.40. The number of carbonyl (C=O) groups is 1. The van der Waals surface area contributed by atoms with Crippen molar-refractivity contribution in [3.05, 3.63) is 70.3 Å². The molecule has 9 N–H and O–H groups in total. The molecule has 40 heavy (non-hydrogen) atoms. The molecule has 0 aliphatic heterocycles. The van der Waals surface area contributed by atoms with E-state index in [1.165, 1.54) is 0 Å². The van der Waals surface area contributed by atoms with Gasteiger partial charge in [-0.05, 0) is 65.0 Å². The highest BCUT2D eigenvalue weighted by Crippen LogP contribution is 2.29. The first-order valence-electron chi connectivity index (χ1n) is 13.7. The molecule has 1 unspecified atom stereocenters. The fourth-order valence-corrected chi connectivity index (χ4v) is 5.14.